The summed E-state index contributed by atoms with van der Waals surface area (Å²) in [7, 11) is -2.34. The predicted molar refractivity (Wildman–Crippen MR) is 91.9 cm³/mol. The highest BCUT2D eigenvalue weighted by atomic mass is 28.4. The second kappa shape index (κ2) is 7.32. The third kappa shape index (κ3) is 8.21. The van der Waals surface area contributed by atoms with Crippen LogP contribution in [0.4, 0.5) is 0 Å². The van der Waals surface area contributed by atoms with Gasteiger partial charge in [-0.2, -0.15) is 0 Å². The Kier molecular flexibility index (Phi) is 6.67. The van der Waals surface area contributed by atoms with Crippen molar-refractivity contribution in [3.8, 4) is 0 Å². The van der Waals surface area contributed by atoms with Crippen LogP contribution in [0.15, 0.2) is 0 Å². The average Bonchev–Trinajstić information content (AvgIpc) is 2.25. The Balaban J connectivity index is 2.48. The van der Waals surface area contributed by atoms with Crippen LogP contribution in [-0.2, 0) is 4.43 Å². The van der Waals surface area contributed by atoms with E-state index in [1.165, 1.54) is 44.6 Å². The summed E-state index contributed by atoms with van der Waals surface area (Å²) in [5, 5.41) is 0. The third-order valence-electron chi connectivity index (χ3n) is 3.84. The molecule has 1 aliphatic rings. The van der Waals surface area contributed by atoms with Gasteiger partial charge >= 0.3 is 0 Å². The summed E-state index contributed by atoms with van der Waals surface area (Å²) in [6.45, 7) is 14.4. The van der Waals surface area contributed by atoms with E-state index in [0.717, 1.165) is 5.92 Å². The van der Waals surface area contributed by atoms with Gasteiger partial charge in [0, 0.05) is 0 Å². The molecule has 0 aromatic heterocycles. The molecule has 0 bridgehead atoms. The van der Waals surface area contributed by atoms with E-state index in [0.29, 0.717) is 6.10 Å². The molecule has 0 saturated heterocycles. The van der Waals surface area contributed by atoms with Crippen LogP contribution in [0.5, 0.6) is 0 Å². The predicted octanol–water partition coefficient (Wildman–Crippen LogP) is 5.72. The van der Waals surface area contributed by atoms with Crippen LogP contribution in [0, 0.1) is 12.3 Å². The zero-order valence-electron chi connectivity index (χ0n) is 14.1. The molecule has 1 rings (SSSR count). The highest BCUT2D eigenvalue weighted by molar-refractivity contribution is 6.76. The number of rotatable bonds is 7. The summed E-state index contributed by atoms with van der Waals surface area (Å²) >= 11 is 0. The normalized spacial score (nSPS) is 20.3. The van der Waals surface area contributed by atoms with Crippen LogP contribution < -0.4 is 0 Å². The largest absolute Gasteiger partial charge is 0.410 e. The van der Waals surface area contributed by atoms with E-state index in [1.54, 1.807) is 0 Å². The van der Waals surface area contributed by atoms with Crippen molar-refractivity contribution in [1.82, 2.24) is 0 Å². The van der Waals surface area contributed by atoms with Crippen molar-refractivity contribution in [2.24, 2.45) is 5.92 Å². The highest BCUT2D eigenvalue weighted by Gasteiger charge is 2.32. The molecule has 3 heteroatoms. The fourth-order valence-electron chi connectivity index (χ4n) is 2.98. The van der Waals surface area contributed by atoms with E-state index in [4.69, 9.17) is 4.43 Å². The van der Waals surface area contributed by atoms with Gasteiger partial charge in [-0.05, 0) is 38.4 Å². The Bertz CT molecular complexity index is 246. The molecule has 0 amide bonds. The maximum atomic E-state index is 6.52. The topological polar surface area (TPSA) is 9.23 Å². The number of hydrogen-bond acceptors (Lipinski definition) is 1. The first kappa shape index (κ1) is 17.3. The summed E-state index contributed by atoms with van der Waals surface area (Å²) in [5.41, 5.74) is 0. The van der Waals surface area contributed by atoms with Gasteiger partial charge < -0.3 is 4.43 Å². The molecule has 0 aromatic rings. The Morgan fingerprint density at radius 3 is 2.05 bits per heavy atom. The van der Waals surface area contributed by atoms with Crippen molar-refractivity contribution in [3.63, 3.8) is 0 Å². The Labute approximate surface area is 123 Å². The summed E-state index contributed by atoms with van der Waals surface area (Å²) in [4.78, 5) is 0. The molecule has 1 unspecified atom stereocenters. The van der Waals surface area contributed by atoms with Crippen molar-refractivity contribution in [1.29, 1.82) is 0 Å². The minimum Gasteiger partial charge on any atom is -0.410 e. The summed E-state index contributed by atoms with van der Waals surface area (Å²) in [6.07, 6.45) is 11.3. The van der Waals surface area contributed by atoms with Crippen LogP contribution in [0.1, 0.15) is 38.5 Å². The van der Waals surface area contributed by atoms with Crippen molar-refractivity contribution in [3.05, 3.63) is 6.42 Å². The van der Waals surface area contributed by atoms with E-state index >= 15 is 0 Å². The molecule has 19 heavy (non-hydrogen) atoms. The molecule has 1 aliphatic carbocycles. The van der Waals surface area contributed by atoms with Gasteiger partial charge in [0.15, 0.2) is 8.32 Å². The smallest absolute Gasteiger partial charge is 0.184 e. The monoisotopic (exact) mass is 299 g/mol. The average molecular weight is 300 g/mol. The van der Waals surface area contributed by atoms with E-state index in [1.807, 2.05) is 0 Å². The van der Waals surface area contributed by atoms with Gasteiger partial charge in [0.1, 0.15) is 6.42 Å². The standard InChI is InChI=1S/C16H35OSi2/c1-18(2,3)14-10-13-16(17-19(4,5)6)15-11-8-7-9-12-15/h10,15-16H,7-9,11-14H2,1-6H3/q+1. The molecule has 0 aromatic carbocycles. The summed E-state index contributed by atoms with van der Waals surface area (Å²) in [6, 6.07) is 1.34. The molecule has 0 spiro atoms. The van der Waals surface area contributed by atoms with Crippen LogP contribution in [0.3, 0.4) is 0 Å². The lowest BCUT2D eigenvalue weighted by Crippen LogP contribution is -2.37. The Morgan fingerprint density at radius 2 is 1.58 bits per heavy atom. The molecule has 0 heterocycles. The first-order valence-corrected chi connectivity index (χ1v) is 15.3. The fraction of sp³-hybridized carbons (Fsp3) is 0.938. The second-order valence-corrected chi connectivity index (χ2v) is 18.4. The first-order chi connectivity index (χ1) is 8.67. The molecule has 1 nitrogen and oxygen atoms in total. The van der Waals surface area contributed by atoms with E-state index < -0.39 is 16.4 Å². The molecule has 0 radical (unpaired) electrons. The SMILES string of the molecule is C[Si](C)(C)C[CH+]CC(O[Si](C)(C)C)C1CCCCC1. The maximum Gasteiger partial charge on any atom is 0.184 e. The van der Waals surface area contributed by atoms with Crippen molar-refractivity contribution >= 4 is 16.4 Å². The highest BCUT2D eigenvalue weighted by Crippen LogP contribution is 2.32. The van der Waals surface area contributed by atoms with Gasteiger partial charge in [-0.25, -0.2) is 0 Å². The Morgan fingerprint density at radius 1 is 1.00 bits per heavy atom. The number of hydrogen-bond donors (Lipinski definition) is 0. The lowest BCUT2D eigenvalue weighted by Gasteiger charge is -2.33. The quantitative estimate of drug-likeness (QED) is 0.431. The lowest BCUT2D eigenvalue weighted by molar-refractivity contribution is 0.100. The summed E-state index contributed by atoms with van der Waals surface area (Å²) < 4.78 is 6.52. The molecule has 1 atom stereocenters. The summed E-state index contributed by atoms with van der Waals surface area (Å²) in [5.74, 6) is 0.832. The molecular weight excluding hydrogens is 264 g/mol. The van der Waals surface area contributed by atoms with E-state index in [2.05, 4.69) is 45.7 Å². The fourth-order valence-corrected chi connectivity index (χ4v) is 5.21. The van der Waals surface area contributed by atoms with Crippen LogP contribution >= 0.6 is 0 Å². The van der Waals surface area contributed by atoms with Crippen molar-refractivity contribution in [2.45, 2.75) is 90.0 Å². The van der Waals surface area contributed by atoms with Gasteiger partial charge in [-0.15, -0.1) is 0 Å². The molecule has 1 fully saturated rings. The van der Waals surface area contributed by atoms with Crippen molar-refractivity contribution in [2.75, 3.05) is 0 Å². The molecular formula is C16H35OSi2+. The minimum atomic E-state index is -1.41. The zero-order chi connectivity index (χ0) is 14.5. The second-order valence-electron chi connectivity index (χ2n) is 8.46. The Hall–Kier alpha value is 0.264. The van der Waals surface area contributed by atoms with Gasteiger partial charge in [-0.3, -0.25) is 0 Å². The van der Waals surface area contributed by atoms with Gasteiger partial charge in [0.05, 0.1) is 26.6 Å². The lowest BCUT2D eigenvalue weighted by atomic mass is 9.84. The van der Waals surface area contributed by atoms with Crippen LogP contribution in [-0.4, -0.2) is 22.5 Å². The maximum absolute atomic E-state index is 6.52. The van der Waals surface area contributed by atoms with Crippen LogP contribution in [0.2, 0.25) is 45.3 Å². The molecule has 0 N–H and O–H groups in total. The molecule has 112 valence electrons. The first-order valence-electron chi connectivity index (χ1n) is 8.17. The molecule has 0 aliphatic heterocycles. The zero-order valence-corrected chi connectivity index (χ0v) is 16.1. The van der Waals surface area contributed by atoms with Gasteiger partial charge in [0.2, 0.25) is 0 Å². The van der Waals surface area contributed by atoms with E-state index in [9.17, 15) is 0 Å². The minimum absolute atomic E-state index is 0.517. The van der Waals surface area contributed by atoms with Gasteiger partial charge in [0.25, 0.3) is 0 Å². The third-order valence-corrected chi connectivity index (χ3v) is 6.36. The van der Waals surface area contributed by atoms with E-state index in [-0.39, 0.29) is 0 Å². The van der Waals surface area contributed by atoms with Crippen molar-refractivity contribution < 1.29 is 4.43 Å². The molecule has 1 saturated carbocycles. The van der Waals surface area contributed by atoms with Crippen LogP contribution in [0.25, 0.3) is 0 Å². The van der Waals surface area contributed by atoms with Gasteiger partial charge in [-0.1, -0.05) is 38.9 Å².